The highest BCUT2D eigenvalue weighted by Crippen LogP contribution is 2.21. The van der Waals surface area contributed by atoms with Crippen LogP contribution < -0.4 is 0 Å². The molecule has 0 fully saturated rings. The predicted octanol–water partition coefficient (Wildman–Crippen LogP) is 3.43. The number of nitrogens with zero attached hydrogens (tertiary/aromatic N) is 4. The number of fused-ring (bicyclic) bond motifs is 1. The third-order valence-electron chi connectivity index (χ3n) is 3.76. The van der Waals surface area contributed by atoms with Crippen molar-refractivity contribution >= 4 is 22.6 Å². The topological polar surface area (TPSA) is 35.6 Å². The first-order chi connectivity index (χ1) is 10.1. The Bertz CT molecular complexity index is 785. The van der Waals surface area contributed by atoms with Gasteiger partial charge in [-0.2, -0.15) is 5.10 Å². The van der Waals surface area contributed by atoms with Gasteiger partial charge in [-0.3, -0.25) is 4.68 Å². The van der Waals surface area contributed by atoms with Gasteiger partial charge in [-0.25, -0.2) is 4.98 Å². The van der Waals surface area contributed by atoms with Crippen molar-refractivity contribution in [2.24, 2.45) is 7.05 Å². The summed E-state index contributed by atoms with van der Waals surface area (Å²) < 4.78 is 4.07. The van der Waals surface area contributed by atoms with E-state index < -0.39 is 0 Å². The molecule has 0 aliphatic rings. The van der Waals surface area contributed by atoms with Gasteiger partial charge in [-0.1, -0.05) is 13.0 Å². The lowest BCUT2D eigenvalue weighted by Crippen LogP contribution is -2.05. The maximum Gasteiger partial charge on any atom is 0.125 e. The van der Waals surface area contributed by atoms with E-state index in [4.69, 9.17) is 11.6 Å². The van der Waals surface area contributed by atoms with E-state index in [1.165, 1.54) is 11.1 Å². The molecule has 0 amide bonds. The number of rotatable bonds is 4. The maximum atomic E-state index is 6.08. The van der Waals surface area contributed by atoms with E-state index in [2.05, 4.69) is 52.9 Å². The van der Waals surface area contributed by atoms with Gasteiger partial charge in [-0.15, -0.1) is 11.6 Å². The van der Waals surface area contributed by atoms with Crippen molar-refractivity contribution in [3.05, 3.63) is 47.0 Å². The van der Waals surface area contributed by atoms with Gasteiger partial charge < -0.3 is 4.57 Å². The third kappa shape index (κ3) is 2.56. The molecule has 0 atom stereocenters. The largest absolute Gasteiger partial charge is 0.322 e. The second-order valence-corrected chi connectivity index (χ2v) is 5.64. The molecule has 0 radical (unpaired) electrons. The van der Waals surface area contributed by atoms with Crippen LogP contribution in [0.1, 0.15) is 29.6 Å². The zero-order chi connectivity index (χ0) is 15.0. The molecule has 4 nitrogen and oxygen atoms in total. The Morgan fingerprint density at radius 3 is 2.81 bits per heavy atom. The molecule has 2 aromatic heterocycles. The molecule has 0 bridgehead atoms. The first-order valence-electron chi connectivity index (χ1n) is 7.15. The molecule has 5 heteroatoms. The molecule has 21 heavy (non-hydrogen) atoms. The maximum absolute atomic E-state index is 6.08. The van der Waals surface area contributed by atoms with Crippen LogP contribution in [0.5, 0.6) is 0 Å². The Morgan fingerprint density at radius 1 is 1.29 bits per heavy atom. The molecule has 0 N–H and O–H groups in total. The average molecular weight is 303 g/mol. The fraction of sp³-hybridized carbons (Fsp3) is 0.375. The van der Waals surface area contributed by atoms with Crippen LogP contribution in [0.4, 0.5) is 0 Å². The highest BCUT2D eigenvalue weighted by atomic mass is 35.5. The molecule has 1 aromatic carbocycles. The molecule has 0 unspecified atom stereocenters. The van der Waals surface area contributed by atoms with Gasteiger partial charge in [0.15, 0.2) is 0 Å². The zero-order valence-corrected chi connectivity index (χ0v) is 13.4. The van der Waals surface area contributed by atoms with E-state index in [0.717, 1.165) is 35.5 Å². The van der Waals surface area contributed by atoms with Gasteiger partial charge in [0.2, 0.25) is 0 Å². The minimum atomic E-state index is 0.412. The number of imidazole rings is 1. The fourth-order valence-electron chi connectivity index (χ4n) is 2.75. The third-order valence-corrected chi connectivity index (χ3v) is 4.00. The monoisotopic (exact) mass is 302 g/mol. The average Bonchev–Trinajstić information content (AvgIpc) is 2.99. The molecule has 0 aliphatic carbocycles. The lowest BCUT2D eigenvalue weighted by molar-refractivity contribution is 0.746. The van der Waals surface area contributed by atoms with Gasteiger partial charge >= 0.3 is 0 Å². The quantitative estimate of drug-likeness (QED) is 0.692. The Kier molecular flexibility index (Phi) is 3.72. The number of aromatic nitrogens is 4. The SMILES string of the molecule is CCc1nn(C)cc1Cn1c(CCl)nc2cc(C)ccc21. The van der Waals surface area contributed by atoms with Crippen molar-refractivity contribution in [2.45, 2.75) is 32.7 Å². The second kappa shape index (κ2) is 5.53. The van der Waals surface area contributed by atoms with Crippen molar-refractivity contribution in [3.63, 3.8) is 0 Å². The van der Waals surface area contributed by atoms with Crippen LogP contribution in [0.25, 0.3) is 11.0 Å². The van der Waals surface area contributed by atoms with Crippen LogP contribution in [0, 0.1) is 6.92 Å². The minimum Gasteiger partial charge on any atom is -0.322 e. The molecule has 0 spiro atoms. The van der Waals surface area contributed by atoms with Gasteiger partial charge in [0, 0.05) is 18.8 Å². The summed E-state index contributed by atoms with van der Waals surface area (Å²) in [5.41, 5.74) is 5.71. The predicted molar refractivity (Wildman–Crippen MR) is 85.7 cm³/mol. The zero-order valence-electron chi connectivity index (χ0n) is 12.6. The Balaban J connectivity index is 2.10. The first-order valence-corrected chi connectivity index (χ1v) is 7.69. The molecule has 0 saturated carbocycles. The van der Waals surface area contributed by atoms with E-state index in [-0.39, 0.29) is 0 Å². The Hall–Kier alpha value is -1.81. The summed E-state index contributed by atoms with van der Waals surface area (Å²) in [6, 6.07) is 6.34. The van der Waals surface area contributed by atoms with Gasteiger partial charge in [0.05, 0.1) is 29.2 Å². The summed E-state index contributed by atoms with van der Waals surface area (Å²) in [5, 5.41) is 4.51. The first kappa shape index (κ1) is 14.1. The van der Waals surface area contributed by atoms with Crippen LogP contribution in [0.15, 0.2) is 24.4 Å². The smallest absolute Gasteiger partial charge is 0.125 e. The molecular formula is C16H19ClN4. The molecule has 2 heterocycles. The van der Waals surface area contributed by atoms with E-state index in [1.54, 1.807) is 0 Å². The van der Waals surface area contributed by atoms with E-state index in [1.807, 2.05) is 11.7 Å². The number of aryl methyl sites for hydroxylation is 3. The van der Waals surface area contributed by atoms with Crippen molar-refractivity contribution in [1.82, 2.24) is 19.3 Å². The van der Waals surface area contributed by atoms with E-state index >= 15 is 0 Å². The molecule has 3 rings (SSSR count). The van der Waals surface area contributed by atoms with Crippen LogP contribution in [0.2, 0.25) is 0 Å². The van der Waals surface area contributed by atoms with Crippen molar-refractivity contribution < 1.29 is 0 Å². The summed E-state index contributed by atoms with van der Waals surface area (Å²) in [6.45, 7) is 4.97. The number of hydrogen-bond acceptors (Lipinski definition) is 2. The van der Waals surface area contributed by atoms with Gasteiger partial charge in [0.1, 0.15) is 5.82 Å². The number of hydrogen-bond donors (Lipinski definition) is 0. The molecule has 3 aromatic rings. The van der Waals surface area contributed by atoms with Gasteiger partial charge in [-0.05, 0) is 31.0 Å². The van der Waals surface area contributed by atoms with Crippen LogP contribution in [-0.4, -0.2) is 19.3 Å². The number of benzene rings is 1. The van der Waals surface area contributed by atoms with Crippen LogP contribution in [-0.2, 0) is 25.9 Å². The van der Waals surface area contributed by atoms with Crippen molar-refractivity contribution in [3.8, 4) is 0 Å². The summed E-state index contributed by atoms with van der Waals surface area (Å²) in [6.07, 6.45) is 3.01. The highest BCUT2D eigenvalue weighted by molar-refractivity contribution is 6.16. The lowest BCUT2D eigenvalue weighted by Gasteiger charge is -2.07. The van der Waals surface area contributed by atoms with E-state index in [9.17, 15) is 0 Å². The number of halogens is 1. The van der Waals surface area contributed by atoms with Crippen molar-refractivity contribution in [2.75, 3.05) is 0 Å². The molecule has 0 saturated heterocycles. The highest BCUT2D eigenvalue weighted by Gasteiger charge is 2.13. The summed E-state index contributed by atoms with van der Waals surface area (Å²) in [7, 11) is 1.96. The lowest BCUT2D eigenvalue weighted by atomic mass is 10.2. The molecule has 0 aliphatic heterocycles. The standard InChI is InChI=1S/C16H19ClN4/c1-4-13-12(9-20(3)19-13)10-21-15-6-5-11(2)7-14(15)18-16(21)8-17/h5-7,9H,4,8,10H2,1-3H3. The Morgan fingerprint density at radius 2 is 2.10 bits per heavy atom. The molecule has 110 valence electrons. The molecular weight excluding hydrogens is 284 g/mol. The van der Waals surface area contributed by atoms with E-state index in [0.29, 0.717) is 5.88 Å². The summed E-state index contributed by atoms with van der Waals surface area (Å²) >= 11 is 6.08. The normalized spacial score (nSPS) is 11.4. The minimum absolute atomic E-state index is 0.412. The van der Waals surface area contributed by atoms with Gasteiger partial charge in [0.25, 0.3) is 0 Å². The fourth-order valence-corrected chi connectivity index (χ4v) is 2.96. The Labute approximate surface area is 129 Å². The summed E-state index contributed by atoms with van der Waals surface area (Å²) in [4.78, 5) is 4.65. The number of alkyl halides is 1. The van der Waals surface area contributed by atoms with Crippen LogP contribution >= 0.6 is 11.6 Å². The van der Waals surface area contributed by atoms with Crippen LogP contribution in [0.3, 0.4) is 0 Å². The summed E-state index contributed by atoms with van der Waals surface area (Å²) in [5.74, 6) is 1.32. The van der Waals surface area contributed by atoms with Crippen molar-refractivity contribution in [1.29, 1.82) is 0 Å². The second-order valence-electron chi connectivity index (χ2n) is 5.37.